The molecule has 0 fully saturated rings. The van der Waals surface area contributed by atoms with Gasteiger partial charge in [0.2, 0.25) is 0 Å². The molecule has 5 heteroatoms. The van der Waals surface area contributed by atoms with Gasteiger partial charge in [-0.05, 0) is 43.3 Å². The van der Waals surface area contributed by atoms with Gasteiger partial charge in [0.1, 0.15) is 5.15 Å². The Kier molecular flexibility index (Phi) is 4.36. The van der Waals surface area contributed by atoms with Crippen LogP contribution in [-0.4, -0.2) is 9.78 Å². The summed E-state index contributed by atoms with van der Waals surface area (Å²) in [5, 5.41) is 9.22. The van der Waals surface area contributed by atoms with Crippen molar-refractivity contribution in [3.8, 4) is 5.69 Å². The van der Waals surface area contributed by atoms with Crippen LogP contribution in [0.25, 0.3) is 5.69 Å². The standard InChI is InChI=1S/C17H15Cl2N3/c1-12-16(11-20-14-9-7-13(18)8-10-14)17(19)22(21-12)15-5-3-2-4-6-15/h2-10,20H,11H2,1H3. The lowest BCUT2D eigenvalue weighted by atomic mass is 10.2. The van der Waals surface area contributed by atoms with Crippen LogP contribution in [0.4, 0.5) is 5.69 Å². The number of nitrogens with zero attached hydrogens (tertiary/aromatic N) is 2. The molecule has 0 spiro atoms. The molecule has 0 aliphatic rings. The predicted octanol–water partition coefficient (Wildman–Crippen LogP) is 5.10. The number of rotatable bonds is 4. The summed E-state index contributed by atoms with van der Waals surface area (Å²) in [5.41, 5.74) is 3.84. The van der Waals surface area contributed by atoms with Gasteiger partial charge in [-0.15, -0.1) is 0 Å². The third-order valence-electron chi connectivity index (χ3n) is 3.44. The van der Waals surface area contributed by atoms with Crippen molar-refractivity contribution >= 4 is 28.9 Å². The van der Waals surface area contributed by atoms with Crippen LogP contribution in [0.15, 0.2) is 54.6 Å². The van der Waals surface area contributed by atoms with E-state index in [4.69, 9.17) is 23.2 Å². The average molecular weight is 332 g/mol. The van der Waals surface area contributed by atoms with E-state index in [2.05, 4.69) is 10.4 Å². The number of anilines is 1. The fourth-order valence-electron chi connectivity index (χ4n) is 2.23. The van der Waals surface area contributed by atoms with Crippen LogP contribution < -0.4 is 5.32 Å². The van der Waals surface area contributed by atoms with Crippen molar-refractivity contribution in [3.05, 3.63) is 76.0 Å². The molecule has 1 N–H and O–H groups in total. The van der Waals surface area contributed by atoms with Gasteiger partial charge in [-0.3, -0.25) is 0 Å². The Balaban J connectivity index is 1.83. The summed E-state index contributed by atoms with van der Waals surface area (Å²) in [5.74, 6) is 0. The van der Waals surface area contributed by atoms with Crippen LogP contribution in [0, 0.1) is 6.92 Å². The molecule has 1 heterocycles. The molecule has 0 saturated carbocycles. The molecule has 3 aromatic rings. The topological polar surface area (TPSA) is 29.9 Å². The van der Waals surface area contributed by atoms with Gasteiger partial charge in [0.05, 0.1) is 11.4 Å². The Morgan fingerprint density at radius 3 is 2.36 bits per heavy atom. The van der Waals surface area contributed by atoms with E-state index in [9.17, 15) is 0 Å². The fourth-order valence-corrected chi connectivity index (χ4v) is 2.70. The van der Waals surface area contributed by atoms with Gasteiger partial charge in [0, 0.05) is 22.8 Å². The highest BCUT2D eigenvalue weighted by molar-refractivity contribution is 6.31. The lowest BCUT2D eigenvalue weighted by molar-refractivity contribution is 0.863. The first-order valence-corrected chi connectivity index (χ1v) is 7.69. The second kappa shape index (κ2) is 6.42. The highest BCUT2D eigenvalue weighted by Gasteiger charge is 2.14. The molecular formula is C17H15Cl2N3. The third-order valence-corrected chi connectivity index (χ3v) is 4.08. The average Bonchev–Trinajstić information content (AvgIpc) is 2.82. The number of benzene rings is 2. The van der Waals surface area contributed by atoms with E-state index in [1.807, 2.05) is 61.5 Å². The van der Waals surface area contributed by atoms with Gasteiger partial charge in [-0.2, -0.15) is 5.10 Å². The minimum absolute atomic E-state index is 0.610. The number of para-hydroxylation sites is 1. The highest BCUT2D eigenvalue weighted by Crippen LogP contribution is 2.24. The molecule has 0 amide bonds. The molecule has 22 heavy (non-hydrogen) atoms. The summed E-state index contributed by atoms with van der Waals surface area (Å²) in [7, 11) is 0. The smallest absolute Gasteiger partial charge is 0.138 e. The molecule has 1 aromatic heterocycles. The molecule has 112 valence electrons. The molecule has 0 bridgehead atoms. The number of halogens is 2. The van der Waals surface area contributed by atoms with Gasteiger partial charge in [0.25, 0.3) is 0 Å². The second-order valence-electron chi connectivity index (χ2n) is 4.96. The van der Waals surface area contributed by atoms with Crippen LogP contribution in [-0.2, 0) is 6.54 Å². The molecule has 0 radical (unpaired) electrons. The molecule has 3 nitrogen and oxygen atoms in total. The summed E-state index contributed by atoms with van der Waals surface area (Å²) in [6.45, 7) is 2.57. The van der Waals surface area contributed by atoms with Gasteiger partial charge in [-0.1, -0.05) is 41.4 Å². The van der Waals surface area contributed by atoms with Gasteiger partial charge in [0.15, 0.2) is 0 Å². The van der Waals surface area contributed by atoms with E-state index in [0.717, 1.165) is 27.7 Å². The van der Waals surface area contributed by atoms with E-state index >= 15 is 0 Å². The lowest BCUT2D eigenvalue weighted by Crippen LogP contribution is -2.01. The summed E-state index contributed by atoms with van der Waals surface area (Å²) < 4.78 is 1.76. The van der Waals surface area contributed by atoms with Crippen molar-refractivity contribution in [1.29, 1.82) is 0 Å². The Morgan fingerprint density at radius 2 is 1.68 bits per heavy atom. The number of hydrogen-bond acceptors (Lipinski definition) is 2. The maximum atomic E-state index is 6.49. The van der Waals surface area contributed by atoms with E-state index in [1.165, 1.54) is 0 Å². The number of hydrogen-bond donors (Lipinski definition) is 1. The predicted molar refractivity (Wildman–Crippen MR) is 92.1 cm³/mol. The first-order valence-electron chi connectivity index (χ1n) is 6.94. The Bertz CT molecular complexity index is 765. The van der Waals surface area contributed by atoms with Crippen molar-refractivity contribution in [2.24, 2.45) is 0 Å². The van der Waals surface area contributed by atoms with Gasteiger partial charge in [-0.25, -0.2) is 4.68 Å². The Labute approximate surface area is 139 Å². The normalized spacial score (nSPS) is 10.7. The zero-order chi connectivity index (χ0) is 15.5. The first kappa shape index (κ1) is 14.9. The lowest BCUT2D eigenvalue weighted by Gasteiger charge is -2.07. The minimum Gasteiger partial charge on any atom is -0.381 e. The van der Waals surface area contributed by atoms with E-state index in [-0.39, 0.29) is 0 Å². The largest absolute Gasteiger partial charge is 0.381 e. The molecule has 0 atom stereocenters. The van der Waals surface area contributed by atoms with Crippen molar-refractivity contribution in [1.82, 2.24) is 9.78 Å². The van der Waals surface area contributed by atoms with Gasteiger partial charge >= 0.3 is 0 Å². The van der Waals surface area contributed by atoms with Crippen molar-refractivity contribution in [2.45, 2.75) is 13.5 Å². The fraction of sp³-hybridized carbons (Fsp3) is 0.118. The molecule has 0 aliphatic carbocycles. The molecule has 0 saturated heterocycles. The first-order chi connectivity index (χ1) is 10.6. The Hall–Kier alpha value is -1.97. The van der Waals surface area contributed by atoms with Crippen LogP contribution in [0.2, 0.25) is 10.2 Å². The molecule has 0 unspecified atom stereocenters. The van der Waals surface area contributed by atoms with E-state index < -0.39 is 0 Å². The van der Waals surface area contributed by atoms with Crippen LogP contribution >= 0.6 is 23.2 Å². The zero-order valence-corrected chi connectivity index (χ0v) is 13.6. The number of nitrogens with one attached hydrogen (secondary N) is 1. The van der Waals surface area contributed by atoms with Crippen LogP contribution in [0.5, 0.6) is 0 Å². The van der Waals surface area contributed by atoms with Crippen molar-refractivity contribution in [3.63, 3.8) is 0 Å². The quantitative estimate of drug-likeness (QED) is 0.720. The SMILES string of the molecule is Cc1nn(-c2ccccc2)c(Cl)c1CNc1ccc(Cl)cc1. The van der Waals surface area contributed by atoms with Crippen molar-refractivity contribution < 1.29 is 0 Å². The maximum Gasteiger partial charge on any atom is 0.138 e. The second-order valence-corrected chi connectivity index (χ2v) is 5.76. The van der Waals surface area contributed by atoms with E-state index in [1.54, 1.807) is 4.68 Å². The van der Waals surface area contributed by atoms with Crippen molar-refractivity contribution in [2.75, 3.05) is 5.32 Å². The monoisotopic (exact) mass is 331 g/mol. The van der Waals surface area contributed by atoms with Crippen LogP contribution in [0.3, 0.4) is 0 Å². The summed E-state index contributed by atoms with van der Waals surface area (Å²) in [6, 6.07) is 17.4. The molecule has 0 aliphatic heterocycles. The third kappa shape index (κ3) is 3.11. The maximum absolute atomic E-state index is 6.49. The molecular weight excluding hydrogens is 317 g/mol. The van der Waals surface area contributed by atoms with Gasteiger partial charge < -0.3 is 5.32 Å². The van der Waals surface area contributed by atoms with Crippen LogP contribution in [0.1, 0.15) is 11.3 Å². The summed E-state index contributed by atoms with van der Waals surface area (Å²) in [6.07, 6.45) is 0. The zero-order valence-electron chi connectivity index (χ0n) is 12.1. The Morgan fingerprint density at radius 1 is 1.00 bits per heavy atom. The minimum atomic E-state index is 0.610. The van der Waals surface area contributed by atoms with E-state index in [0.29, 0.717) is 11.7 Å². The highest BCUT2D eigenvalue weighted by atomic mass is 35.5. The molecule has 3 rings (SSSR count). The summed E-state index contributed by atoms with van der Waals surface area (Å²) >= 11 is 12.4. The number of aromatic nitrogens is 2. The summed E-state index contributed by atoms with van der Waals surface area (Å²) in [4.78, 5) is 0. The number of aryl methyl sites for hydroxylation is 1. The molecule has 2 aromatic carbocycles.